The molecule has 1 unspecified atom stereocenters. The number of aryl methyl sites for hydroxylation is 1. The van der Waals surface area contributed by atoms with Gasteiger partial charge in [-0.2, -0.15) is 5.10 Å². The molecule has 0 aliphatic carbocycles. The minimum absolute atomic E-state index is 0.0562. The molecule has 2 heterocycles. The Morgan fingerprint density at radius 2 is 2.00 bits per heavy atom. The molecule has 2 aromatic rings. The summed E-state index contributed by atoms with van der Waals surface area (Å²) in [5.41, 5.74) is 1.23. The van der Waals surface area contributed by atoms with Gasteiger partial charge in [0, 0.05) is 17.6 Å². The third kappa shape index (κ3) is 5.39. The van der Waals surface area contributed by atoms with Crippen LogP contribution in [0.5, 0.6) is 0 Å². The number of halogens is 2. The smallest absolute Gasteiger partial charge is 0.343 e. The molecule has 1 saturated heterocycles. The van der Waals surface area contributed by atoms with Crippen molar-refractivity contribution in [3.05, 3.63) is 51.3 Å². The molecule has 8 nitrogen and oxygen atoms in total. The minimum atomic E-state index is -3.14. The van der Waals surface area contributed by atoms with E-state index in [1.54, 1.807) is 19.9 Å². The number of ether oxygens (including phenoxy) is 1. The van der Waals surface area contributed by atoms with E-state index in [0.717, 1.165) is 5.56 Å². The lowest BCUT2D eigenvalue weighted by Crippen LogP contribution is -2.43. The predicted molar refractivity (Wildman–Crippen MR) is 117 cm³/mol. The number of carbonyl (C=O) groups excluding carboxylic acids is 2. The van der Waals surface area contributed by atoms with E-state index >= 15 is 0 Å². The fourth-order valence-corrected chi connectivity index (χ4v) is 5.86. The lowest BCUT2D eigenvalue weighted by molar-refractivity contribution is -0.136. The van der Waals surface area contributed by atoms with Crippen molar-refractivity contribution in [2.24, 2.45) is 0 Å². The maximum absolute atomic E-state index is 12.6. The largest absolute Gasteiger partial charge is 0.452 e. The molecule has 1 aromatic carbocycles. The first-order chi connectivity index (χ1) is 14.6. The van der Waals surface area contributed by atoms with Crippen molar-refractivity contribution < 1.29 is 22.7 Å². The summed E-state index contributed by atoms with van der Waals surface area (Å²) in [6.07, 6.45) is 0.385. The van der Waals surface area contributed by atoms with Crippen LogP contribution in [-0.4, -0.2) is 65.7 Å². The zero-order valence-corrected chi connectivity index (χ0v) is 19.5. The maximum atomic E-state index is 12.6. The molecule has 0 saturated carbocycles. The fourth-order valence-electron chi connectivity index (χ4n) is 3.62. The summed E-state index contributed by atoms with van der Waals surface area (Å²) in [6, 6.07) is 6.82. The molecular formula is C20H23Cl2N3O5S. The van der Waals surface area contributed by atoms with E-state index in [1.807, 2.05) is 18.2 Å². The highest BCUT2D eigenvalue weighted by Gasteiger charge is 2.34. The zero-order valence-electron chi connectivity index (χ0n) is 17.2. The van der Waals surface area contributed by atoms with E-state index in [1.165, 1.54) is 9.58 Å². The van der Waals surface area contributed by atoms with Crippen molar-refractivity contribution in [1.82, 2.24) is 14.7 Å². The van der Waals surface area contributed by atoms with Crippen LogP contribution < -0.4 is 0 Å². The van der Waals surface area contributed by atoms with Crippen LogP contribution in [0.15, 0.2) is 24.3 Å². The summed E-state index contributed by atoms with van der Waals surface area (Å²) in [5.74, 6) is -1.23. The van der Waals surface area contributed by atoms with Gasteiger partial charge in [0.15, 0.2) is 16.4 Å². The Kier molecular flexibility index (Phi) is 7.28. The number of nitrogens with zero attached hydrogens (tertiary/aromatic N) is 3. The standard InChI is InChI=1S/C20H23Cl2N3O5S/c1-3-24(15-8-9-31(28,29)12-15)17(26)11-30-20(27)18-13(2)23-25(19(18)22)10-14-6-4-5-7-16(14)21/h4-7,15H,3,8-12H2,1-2H3. The lowest BCUT2D eigenvalue weighted by atomic mass is 10.2. The molecule has 31 heavy (non-hydrogen) atoms. The number of amides is 1. The first kappa shape index (κ1) is 23.6. The van der Waals surface area contributed by atoms with E-state index in [9.17, 15) is 18.0 Å². The van der Waals surface area contributed by atoms with E-state index < -0.39 is 34.4 Å². The molecule has 0 bridgehead atoms. The second kappa shape index (κ2) is 9.58. The van der Waals surface area contributed by atoms with Gasteiger partial charge in [-0.15, -0.1) is 0 Å². The summed E-state index contributed by atoms with van der Waals surface area (Å²) in [7, 11) is -3.14. The summed E-state index contributed by atoms with van der Waals surface area (Å²) < 4.78 is 30.1. The number of likely N-dealkylation sites (N-methyl/N-ethyl adjacent to an activating group) is 1. The Balaban J connectivity index is 1.67. The average Bonchev–Trinajstić information content (AvgIpc) is 3.20. The van der Waals surface area contributed by atoms with Crippen LogP contribution in [0.4, 0.5) is 0 Å². The summed E-state index contributed by atoms with van der Waals surface area (Å²) in [4.78, 5) is 26.6. The zero-order chi connectivity index (χ0) is 22.8. The molecule has 0 radical (unpaired) electrons. The number of carbonyl (C=O) groups is 2. The normalized spacial score (nSPS) is 17.5. The van der Waals surface area contributed by atoms with E-state index in [-0.39, 0.29) is 28.8 Å². The Morgan fingerprint density at radius 3 is 2.61 bits per heavy atom. The molecule has 0 spiro atoms. The number of hydrogen-bond acceptors (Lipinski definition) is 6. The van der Waals surface area contributed by atoms with Gasteiger partial charge >= 0.3 is 5.97 Å². The molecule has 3 rings (SSSR count). The molecule has 1 amide bonds. The Bertz CT molecular complexity index is 1100. The highest BCUT2D eigenvalue weighted by molar-refractivity contribution is 7.91. The van der Waals surface area contributed by atoms with Crippen molar-refractivity contribution in [3.63, 3.8) is 0 Å². The highest BCUT2D eigenvalue weighted by Crippen LogP contribution is 2.24. The molecule has 1 aliphatic rings. The number of rotatable bonds is 7. The highest BCUT2D eigenvalue weighted by atomic mass is 35.5. The van der Waals surface area contributed by atoms with Crippen molar-refractivity contribution >= 4 is 44.9 Å². The number of aromatic nitrogens is 2. The molecule has 1 fully saturated rings. The SMILES string of the molecule is CCN(C(=O)COC(=O)c1c(C)nn(Cc2ccccc2Cl)c1Cl)C1CCS(=O)(=O)C1. The number of hydrogen-bond donors (Lipinski definition) is 0. The quantitative estimate of drug-likeness (QED) is 0.556. The van der Waals surface area contributed by atoms with Crippen LogP contribution in [0, 0.1) is 6.92 Å². The van der Waals surface area contributed by atoms with Crippen LogP contribution in [0.2, 0.25) is 10.2 Å². The van der Waals surface area contributed by atoms with Crippen LogP contribution in [0.1, 0.15) is 35.0 Å². The van der Waals surface area contributed by atoms with E-state index in [0.29, 0.717) is 23.7 Å². The summed E-state index contributed by atoms with van der Waals surface area (Å²) >= 11 is 12.5. The van der Waals surface area contributed by atoms with E-state index in [4.69, 9.17) is 27.9 Å². The van der Waals surface area contributed by atoms with Crippen LogP contribution in [-0.2, 0) is 25.9 Å². The van der Waals surface area contributed by atoms with Gasteiger partial charge in [-0.05, 0) is 31.9 Å². The Labute approximate surface area is 191 Å². The average molecular weight is 488 g/mol. The van der Waals surface area contributed by atoms with Gasteiger partial charge in [0.2, 0.25) is 0 Å². The Morgan fingerprint density at radius 1 is 1.29 bits per heavy atom. The van der Waals surface area contributed by atoms with Crippen LogP contribution >= 0.6 is 23.2 Å². The third-order valence-electron chi connectivity index (χ3n) is 5.18. The Hall–Kier alpha value is -2.10. The van der Waals surface area contributed by atoms with E-state index in [2.05, 4.69) is 5.10 Å². The minimum Gasteiger partial charge on any atom is -0.452 e. The van der Waals surface area contributed by atoms with Crippen molar-refractivity contribution in [3.8, 4) is 0 Å². The second-order valence-corrected chi connectivity index (χ2v) is 10.3. The maximum Gasteiger partial charge on any atom is 0.343 e. The van der Waals surface area contributed by atoms with Crippen LogP contribution in [0.3, 0.4) is 0 Å². The second-order valence-electron chi connectivity index (χ2n) is 7.31. The lowest BCUT2D eigenvalue weighted by Gasteiger charge is -2.26. The van der Waals surface area contributed by atoms with Crippen molar-refractivity contribution in [2.45, 2.75) is 32.9 Å². The summed E-state index contributed by atoms with van der Waals surface area (Å²) in [6.45, 7) is 3.46. The molecule has 168 valence electrons. The third-order valence-corrected chi connectivity index (χ3v) is 7.69. The van der Waals surface area contributed by atoms with Gasteiger partial charge in [-0.3, -0.25) is 4.79 Å². The molecule has 1 atom stereocenters. The van der Waals surface area contributed by atoms with Crippen LogP contribution in [0.25, 0.3) is 0 Å². The van der Waals surface area contributed by atoms with Gasteiger partial charge in [0.05, 0.1) is 23.7 Å². The molecule has 0 N–H and O–H groups in total. The molecule has 1 aromatic heterocycles. The monoisotopic (exact) mass is 487 g/mol. The first-order valence-electron chi connectivity index (χ1n) is 9.76. The molecular weight excluding hydrogens is 465 g/mol. The fraction of sp³-hybridized carbons (Fsp3) is 0.450. The van der Waals surface area contributed by atoms with Crippen molar-refractivity contribution in [2.75, 3.05) is 24.7 Å². The first-order valence-corrected chi connectivity index (χ1v) is 12.3. The van der Waals surface area contributed by atoms with Gasteiger partial charge in [0.25, 0.3) is 5.91 Å². The summed E-state index contributed by atoms with van der Waals surface area (Å²) in [5, 5.41) is 4.93. The molecule has 11 heteroatoms. The number of benzene rings is 1. The molecule has 1 aliphatic heterocycles. The number of sulfone groups is 1. The van der Waals surface area contributed by atoms with Crippen molar-refractivity contribution in [1.29, 1.82) is 0 Å². The predicted octanol–water partition coefficient (Wildman–Crippen LogP) is 2.74. The van der Waals surface area contributed by atoms with Gasteiger partial charge < -0.3 is 9.64 Å². The number of esters is 1. The van der Waals surface area contributed by atoms with Gasteiger partial charge in [-0.25, -0.2) is 17.9 Å². The topological polar surface area (TPSA) is 98.6 Å². The van der Waals surface area contributed by atoms with Gasteiger partial charge in [0.1, 0.15) is 10.7 Å². The van der Waals surface area contributed by atoms with Gasteiger partial charge in [-0.1, -0.05) is 41.4 Å².